The minimum atomic E-state index is -0.803. The normalized spacial score (nSPS) is 30.8. The third-order valence-electron chi connectivity index (χ3n) is 5.18. The van der Waals surface area contributed by atoms with Gasteiger partial charge in [-0.15, -0.1) is 0 Å². The zero-order valence-corrected chi connectivity index (χ0v) is 15.3. The molecule has 3 rings (SSSR count). The fourth-order valence-electron chi connectivity index (χ4n) is 3.88. The monoisotopic (exact) mass is 378 g/mol. The number of hydrogen-bond acceptors (Lipinski definition) is 6. The number of allylic oxidation sites excluding steroid dienone is 1. The van der Waals surface area contributed by atoms with E-state index in [1.807, 2.05) is 0 Å². The Bertz CT molecular complexity index is 818. The van der Waals surface area contributed by atoms with E-state index in [-0.39, 0.29) is 22.6 Å². The van der Waals surface area contributed by atoms with Crippen molar-refractivity contribution < 1.29 is 29.0 Å². The van der Waals surface area contributed by atoms with Crippen LogP contribution in [0.15, 0.2) is 46.1 Å². The van der Waals surface area contributed by atoms with Gasteiger partial charge in [0.1, 0.15) is 12.2 Å². The quantitative estimate of drug-likeness (QED) is 0.596. The van der Waals surface area contributed by atoms with Gasteiger partial charge in [-0.1, -0.05) is 24.8 Å². The Morgan fingerprint density at radius 1 is 1.42 bits per heavy atom. The summed E-state index contributed by atoms with van der Waals surface area (Å²) in [5.41, 5.74) is 1.70. The fraction of sp³-hybridized carbons (Fsp3) is 0.421. The summed E-state index contributed by atoms with van der Waals surface area (Å²) in [6.07, 6.45) is -1.48. The van der Waals surface area contributed by atoms with Crippen LogP contribution in [0.25, 0.3) is 0 Å². The molecule has 2 aliphatic carbocycles. The minimum absolute atomic E-state index is 0.0700. The molecule has 0 unspecified atom stereocenters. The second kappa shape index (κ2) is 6.52. The molecular formula is C19H19ClO6. The number of halogens is 1. The number of hydrogen-bond donors (Lipinski definition) is 1. The smallest absolute Gasteiger partial charge is 0.334 e. The third kappa shape index (κ3) is 2.64. The topological polar surface area (TPSA) is 89.9 Å². The van der Waals surface area contributed by atoms with Gasteiger partial charge in [0.25, 0.3) is 0 Å². The lowest BCUT2D eigenvalue weighted by atomic mass is 9.82. The van der Waals surface area contributed by atoms with Gasteiger partial charge in [0.05, 0.1) is 17.6 Å². The van der Waals surface area contributed by atoms with Crippen LogP contribution >= 0.6 is 11.6 Å². The minimum Gasteiger partial charge on any atom is -0.458 e. The van der Waals surface area contributed by atoms with Crippen molar-refractivity contribution in [3.05, 3.63) is 46.1 Å². The Kier molecular flexibility index (Phi) is 4.67. The average Bonchev–Trinajstić information content (AvgIpc) is 2.94. The lowest BCUT2D eigenvalue weighted by Gasteiger charge is -2.27. The first-order chi connectivity index (χ1) is 12.2. The highest BCUT2D eigenvalue weighted by Gasteiger charge is 2.55. The summed E-state index contributed by atoms with van der Waals surface area (Å²) in [5.74, 6) is -2.82. The summed E-state index contributed by atoms with van der Waals surface area (Å²) in [6.45, 7) is 10.2. The molecule has 0 radical (unpaired) electrons. The molecule has 0 spiro atoms. The predicted molar refractivity (Wildman–Crippen MR) is 93.0 cm³/mol. The molecule has 26 heavy (non-hydrogen) atoms. The first-order valence-corrected chi connectivity index (χ1v) is 8.56. The Balaban J connectivity index is 2.13. The molecule has 0 amide bonds. The Hall–Kier alpha value is -2.18. The molecule has 1 N–H and O–H groups in total. The van der Waals surface area contributed by atoms with Crippen molar-refractivity contribution in [2.45, 2.75) is 32.5 Å². The van der Waals surface area contributed by atoms with Crippen LogP contribution in [-0.4, -0.2) is 41.6 Å². The molecular weight excluding hydrogens is 360 g/mol. The van der Waals surface area contributed by atoms with Gasteiger partial charge in [-0.3, -0.25) is 4.79 Å². The fourth-order valence-corrected chi connectivity index (χ4v) is 4.10. The Labute approximate surface area is 155 Å². The highest BCUT2D eigenvalue weighted by atomic mass is 35.5. The maximum Gasteiger partial charge on any atom is 0.334 e. The van der Waals surface area contributed by atoms with E-state index in [4.69, 9.17) is 21.1 Å². The van der Waals surface area contributed by atoms with Gasteiger partial charge in [0, 0.05) is 29.1 Å². The van der Waals surface area contributed by atoms with Crippen molar-refractivity contribution in [2.75, 3.05) is 6.61 Å². The first kappa shape index (κ1) is 18.6. The van der Waals surface area contributed by atoms with E-state index in [1.165, 1.54) is 6.92 Å². The van der Waals surface area contributed by atoms with Crippen LogP contribution in [0.5, 0.6) is 0 Å². The molecule has 4 atom stereocenters. The van der Waals surface area contributed by atoms with E-state index < -0.39 is 48.4 Å². The standard InChI is InChI=1S/C19H19ClO6/c1-7(2)18(23)25-11-5-10(6-21)14-13(8(3)15(20)16(14)22)17-12(11)9(4)19(24)26-17/h11-13,17,21H,1,4-6H2,2-3H3/t11-,12-,13+,17+/m1/s1. The van der Waals surface area contributed by atoms with Crippen molar-refractivity contribution in [3.8, 4) is 0 Å². The molecule has 1 aliphatic heterocycles. The molecule has 138 valence electrons. The molecule has 7 heteroatoms. The van der Waals surface area contributed by atoms with Crippen LogP contribution in [0, 0.1) is 11.8 Å². The number of aliphatic hydroxyl groups excluding tert-OH is 1. The average molecular weight is 379 g/mol. The lowest BCUT2D eigenvalue weighted by molar-refractivity contribution is -0.148. The predicted octanol–water partition coefficient (Wildman–Crippen LogP) is 1.98. The van der Waals surface area contributed by atoms with Gasteiger partial charge < -0.3 is 14.6 Å². The van der Waals surface area contributed by atoms with Crippen LogP contribution < -0.4 is 0 Å². The molecule has 0 aromatic heterocycles. The van der Waals surface area contributed by atoms with E-state index in [0.29, 0.717) is 16.7 Å². The van der Waals surface area contributed by atoms with Crippen molar-refractivity contribution in [2.24, 2.45) is 11.8 Å². The number of carbonyl (C=O) groups excluding carboxylic acids is 3. The van der Waals surface area contributed by atoms with Crippen LogP contribution in [0.4, 0.5) is 0 Å². The van der Waals surface area contributed by atoms with Crippen LogP contribution in [0.1, 0.15) is 20.3 Å². The molecule has 0 bridgehead atoms. The molecule has 0 saturated carbocycles. The van der Waals surface area contributed by atoms with Crippen LogP contribution in [-0.2, 0) is 23.9 Å². The maximum atomic E-state index is 12.6. The third-order valence-corrected chi connectivity index (χ3v) is 5.65. The number of Topliss-reactive ketones (excluding diaryl/α,β-unsaturated/α-hetero) is 1. The maximum absolute atomic E-state index is 12.6. The molecule has 3 aliphatic rings. The zero-order valence-electron chi connectivity index (χ0n) is 14.5. The van der Waals surface area contributed by atoms with Gasteiger partial charge in [-0.2, -0.15) is 0 Å². The van der Waals surface area contributed by atoms with E-state index in [0.717, 1.165) is 0 Å². The SMILES string of the molecule is C=C(C)C(=O)O[C@@H]1CC(CO)=C2C(=O)C(Cl)=C(C)[C@@H]2[C@H]2OC(=O)C(=C)[C@@H]21. The lowest BCUT2D eigenvalue weighted by Crippen LogP contribution is -2.36. The van der Waals surface area contributed by atoms with Crippen molar-refractivity contribution in [3.63, 3.8) is 0 Å². The number of aliphatic hydroxyl groups is 1. The number of esters is 2. The highest BCUT2D eigenvalue weighted by Crippen LogP contribution is 2.50. The molecule has 0 aromatic carbocycles. The van der Waals surface area contributed by atoms with E-state index in [2.05, 4.69) is 13.2 Å². The summed E-state index contributed by atoms with van der Waals surface area (Å²) in [4.78, 5) is 36.8. The molecule has 0 aromatic rings. The van der Waals surface area contributed by atoms with Gasteiger partial charge in [-0.25, -0.2) is 9.59 Å². The van der Waals surface area contributed by atoms with Crippen LogP contribution in [0.3, 0.4) is 0 Å². The summed E-state index contributed by atoms with van der Waals surface area (Å²) in [7, 11) is 0. The van der Waals surface area contributed by atoms with Gasteiger partial charge in [0.2, 0.25) is 5.78 Å². The highest BCUT2D eigenvalue weighted by molar-refractivity contribution is 6.47. The molecule has 1 saturated heterocycles. The Morgan fingerprint density at radius 2 is 2.08 bits per heavy atom. The van der Waals surface area contributed by atoms with E-state index in [9.17, 15) is 19.5 Å². The number of fused-ring (bicyclic) bond motifs is 3. The van der Waals surface area contributed by atoms with Gasteiger partial charge in [0.15, 0.2) is 0 Å². The summed E-state index contributed by atoms with van der Waals surface area (Å²) < 4.78 is 11.0. The van der Waals surface area contributed by atoms with Gasteiger partial charge >= 0.3 is 11.9 Å². The number of rotatable bonds is 3. The molecule has 1 fully saturated rings. The zero-order chi connectivity index (χ0) is 19.3. The Morgan fingerprint density at radius 3 is 2.65 bits per heavy atom. The number of carbonyl (C=O) groups is 3. The second-order valence-electron chi connectivity index (χ2n) is 6.83. The van der Waals surface area contributed by atoms with E-state index >= 15 is 0 Å². The number of ether oxygens (including phenoxy) is 2. The summed E-state index contributed by atoms with van der Waals surface area (Å²) >= 11 is 6.14. The van der Waals surface area contributed by atoms with Crippen molar-refractivity contribution in [1.29, 1.82) is 0 Å². The van der Waals surface area contributed by atoms with E-state index in [1.54, 1.807) is 6.92 Å². The number of ketones is 1. The second-order valence-corrected chi connectivity index (χ2v) is 7.21. The summed E-state index contributed by atoms with van der Waals surface area (Å²) in [5, 5.41) is 9.91. The van der Waals surface area contributed by atoms with Gasteiger partial charge in [-0.05, 0) is 25.0 Å². The van der Waals surface area contributed by atoms with Crippen molar-refractivity contribution in [1.82, 2.24) is 0 Å². The first-order valence-electron chi connectivity index (χ1n) is 8.19. The van der Waals surface area contributed by atoms with Crippen molar-refractivity contribution >= 4 is 29.3 Å². The summed E-state index contributed by atoms with van der Waals surface area (Å²) in [6, 6.07) is 0. The largest absolute Gasteiger partial charge is 0.458 e. The van der Waals surface area contributed by atoms with Crippen LogP contribution in [0.2, 0.25) is 0 Å². The molecule has 6 nitrogen and oxygen atoms in total. The molecule has 1 heterocycles.